The highest BCUT2D eigenvalue weighted by Crippen LogP contribution is 2.39. The van der Waals surface area contributed by atoms with Crippen LogP contribution in [0.4, 0.5) is 11.4 Å². The topological polar surface area (TPSA) is 29.5 Å². The molecule has 3 nitrogen and oxygen atoms in total. The summed E-state index contributed by atoms with van der Waals surface area (Å²) >= 11 is 18.8. The van der Waals surface area contributed by atoms with Gasteiger partial charge in [-0.2, -0.15) is 0 Å². The molecule has 0 heterocycles. The number of allylic oxidation sites excluding steroid dienone is 1. The van der Waals surface area contributed by atoms with Crippen molar-refractivity contribution in [1.82, 2.24) is 0 Å². The largest absolute Gasteiger partial charge is 0.469 e. The second-order valence-corrected chi connectivity index (χ2v) is 6.76. The Bertz CT molecular complexity index is 766. The molecule has 0 spiro atoms. The number of carbonyl (C=O) groups excluding carboxylic acids is 1. The van der Waals surface area contributed by atoms with Crippen molar-refractivity contribution in [2.45, 2.75) is 13.3 Å². The lowest BCUT2D eigenvalue weighted by Gasteiger charge is -2.28. The average Bonchev–Trinajstić information content (AvgIpc) is 2.58. The van der Waals surface area contributed by atoms with Crippen molar-refractivity contribution < 1.29 is 9.53 Å². The molecule has 0 aliphatic heterocycles. The third-order valence-corrected chi connectivity index (χ3v) is 4.37. The van der Waals surface area contributed by atoms with Crippen molar-refractivity contribution in [2.24, 2.45) is 0 Å². The van der Waals surface area contributed by atoms with Gasteiger partial charge in [0.2, 0.25) is 0 Å². The van der Waals surface area contributed by atoms with Crippen molar-refractivity contribution >= 4 is 52.1 Å². The van der Waals surface area contributed by atoms with Crippen LogP contribution < -0.4 is 4.90 Å². The number of para-hydroxylation sites is 2. The van der Waals surface area contributed by atoms with Gasteiger partial charge in [0.25, 0.3) is 0 Å². The molecule has 132 valence electrons. The van der Waals surface area contributed by atoms with Crippen LogP contribution in [0.25, 0.3) is 0 Å². The van der Waals surface area contributed by atoms with Crippen LogP contribution in [0.5, 0.6) is 0 Å². The Balaban J connectivity index is 2.57. The van der Waals surface area contributed by atoms with Gasteiger partial charge in [-0.05, 0) is 30.7 Å². The average molecular weight is 399 g/mol. The Morgan fingerprint density at radius 1 is 1.12 bits per heavy atom. The van der Waals surface area contributed by atoms with Crippen molar-refractivity contribution in [3.8, 4) is 0 Å². The molecule has 0 amide bonds. The predicted octanol–water partition coefficient (Wildman–Crippen LogP) is 5.99. The first-order chi connectivity index (χ1) is 11.9. The van der Waals surface area contributed by atoms with Gasteiger partial charge in [-0.15, -0.1) is 0 Å². The van der Waals surface area contributed by atoms with E-state index in [2.05, 4.69) is 0 Å². The molecular weight excluding hydrogens is 381 g/mol. The van der Waals surface area contributed by atoms with Gasteiger partial charge in [0.15, 0.2) is 0 Å². The highest BCUT2D eigenvalue weighted by atomic mass is 35.5. The number of ether oxygens (including phenoxy) is 1. The SMILES string of the molecule is COC(=O)Cc1ccccc1N(C/C=C(/C)Cl)c1c(Cl)cccc1Cl. The second-order valence-electron chi connectivity index (χ2n) is 5.35. The first-order valence-corrected chi connectivity index (χ1v) is 8.76. The number of hydrogen-bond donors (Lipinski definition) is 0. The summed E-state index contributed by atoms with van der Waals surface area (Å²) < 4.78 is 4.80. The summed E-state index contributed by atoms with van der Waals surface area (Å²) in [5.41, 5.74) is 2.29. The highest BCUT2D eigenvalue weighted by Gasteiger charge is 2.19. The number of hydrogen-bond acceptors (Lipinski definition) is 3. The minimum absolute atomic E-state index is 0.148. The standard InChI is InChI=1S/C19H18Cl3NO2/c1-13(20)10-11-23(19-15(21)7-5-8-16(19)22)17-9-4-3-6-14(17)12-18(24)25-2/h3-10H,11-12H2,1-2H3/b13-10-. The lowest BCUT2D eigenvalue weighted by atomic mass is 10.1. The molecule has 0 bridgehead atoms. The summed E-state index contributed by atoms with van der Waals surface area (Å²) in [6.45, 7) is 2.26. The number of nitrogens with zero attached hydrogens (tertiary/aromatic N) is 1. The molecule has 0 aliphatic carbocycles. The lowest BCUT2D eigenvalue weighted by molar-refractivity contribution is -0.139. The molecule has 2 rings (SSSR count). The summed E-state index contributed by atoms with van der Waals surface area (Å²) in [6.07, 6.45) is 2.00. The van der Waals surface area contributed by atoms with Gasteiger partial charge in [0.05, 0.1) is 29.3 Å². The number of halogens is 3. The molecular formula is C19H18Cl3NO2. The summed E-state index contributed by atoms with van der Waals surface area (Å²) in [6, 6.07) is 12.9. The van der Waals surface area contributed by atoms with E-state index in [9.17, 15) is 4.79 Å². The zero-order valence-corrected chi connectivity index (χ0v) is 16.2. The van der Waals surface area contributed by atoms with Crippen molar-refractivity contribution in [1.29, 1.82) is 0 Å². The van der Waals surface area contributed by atoms with Gasteiger partial charge >= 0.3 is 5.97 Å². The third-order valence-electron chi connectivity index (χ3n) is 3.61. The molecule has 0 saturated heterocycles. The maximum Gasteiger partial charge on any atom is 0.310 e. The maximum absolute atomic E-state index is 11.8. The van der Waals surface area contributed by atoms with Gasteiger partial charge in [-0.1, -0.05) is 65.1 Å². The van der Waals surface area contributed by atoms with Crippen LogP contribution in [0.1, 0.15) is 12.5 Å². The Labute approximate surface area is 162 Å². The third kappa shape index (κ3) is 5.15. The normalized spacial score (nSPS) is 11.3. The number of rotatable bonds is 6. The quantitative estimate of drug-likeness (QED) is 0.560. The van der Waals surface area contributed by atoms with Crippen LogP contribution in [0, 0.1) is 0 Å². The van der Waals surface area contributed by atoms with E-state index in [1.54, 1.807) is 25.1 Å². The minimum Gasteiger partial charge on any atom is -0.469 e. The van der Waals surface area contributed by atoms with E-state index in [-0.39, 0.29) is 12.4 Å². The molecule has 0 aromatic heterocycles. The fourth-order valence-corrected chi connectivity index (χ4v) is 3.10. The second kappa shape index (κ2) is 9.14. The number of methoxy groups -OCH3 is 1. The minimum atomic E-state index is -0.318. The van der Waals surface area contributed by atoms with Crippen LogP contribution in [0.15, 0.2) is 53.6 Å². The molecule has 2 aromatic rings. The molecule has 6 heteroatoms. The van der Waals surface area contributed by atoms with Gasteiger partial charge in [0, 0.05) is 17.3 Å². The Morgan fingerprint density at radius 2 is 1.76 bits per heavy atom. The number of carbonyl (C=O) groups is 1. The molecule has 0 unspecified atom stereocenters. The molecule has 0 N–H and O–H groups in total. The van der Waals surface area contributed by atoms with E-state index in [0.29, 0.717) is 27.3 Å². The van der Waals surface area contributed by atoms with Crippen molar-refractivity contribution in [3.63, 3.8) is 0 Å². The number of esters is 1. The number of benzene rings is 2. The van der Waals surface area contributed by atoms with Gasteiger partial charge < -0.3 is 9.64 Å². The fourth-order valence-electron chi connectivity index (χ4n) is 2.43. The van der Waals surface area contributed by atoms with E-state index in [4.69, 9.17) is 39.5 Å². The van der Waals surface area contributed by atoms with Gasteiger partial charge in [-0.25, -0.2) is 0 Å². The summed E-state index contributed by atoms with van der Waals surface area (Å²) in [5.74, 6) is -0.318. The Kier molecular flexibility index (Phi) is 7.18. The van der Waals surface area contributed by atoms with Crippen molar-refractivity contribution in [2.75, 3.05) is 18.6 Å². The molecule has 25 heavy (non-hydrogen) atoms. The summed E-state index contributed by atoms with van der Waals surface area (Å²) in [5, 5.41) is 1.68. The van der Waals surface area contributed by atoms with E-state index in [1.165, 1.54) is 7.11 Å². The van der Waals surface area contributed by atoms with Crippen LogP contribution in [0.3, 0.4) is 0 Å². The summed E-state index contributed by atoms with van der Waals surface area (Å²) in [7, 11) is 1.37. The van der Waals surface area contributed by atoms with E-state index >= 15 is 0 Å². The molecule has 0 fully saturated rings. The van der Waals surface area contributed by atoms with Crippen LogP contribution in [-0.4, -0.2) is 19.6 Å². The highest BCUT2D eigenvalue weighted by molar-refractivity contribution is 6.39. The molecule has 0 aliphatic rings. The Morgan fingerprint density at radius 3 is 2.36 bits per heavy atom. The molecule has 2 aromatic carbocycles. The first kappa shape index (κ1) is 19.6. The number of anilines is 2. The van der Waals surface area contributed by atoms with Gasteiger partial charge in [-0.3, -0.25) is 4.79 Å². The molecule has 0 atom stereocenters. The first-order valence-electron chi connectivity index (χ1n) is 7.62. The lowest BCUT2D eigenvalue weighted by Crippen LogP contribution is -2.20. The zero-order chi connectivity index (χ0) is 18.4. The summed E-state index contributed by atoms with van der Waals surface area (Å²) in [4.78, 5) is 13.7. The monoisotopic (exact) mass is 397 g/mol. The van der Waals surface area contributed by atoms with E-state index < -0.39 is 0 Å². The van der Waals surface area contributed by atoms with Crippen LogP contribution in [-0.2, 0) is 16.0 Å². The van der Waals surface area contributed by atoms with Crippen molar-refractivity contribution in [3.05, 3.63) is 69.2 Å². The zero-order valence-electron chi connectivity index (χ0n) is 13.9. The van der Waals surface area contributed by atoms with Crippen LogP contribution in [0.2, 0.25) is 10.0 Å². The fraction of sp³-hybridized carbons (Fsp3) is 0.211. The molecule has 0 radical (unpaired) electrons. The smallest absolute Gasteiger partial charge is 0.310 e. The maximum atomic E-state index is 11.8. The molecule has 0 saturated carbocycles. The van der Waals surface area contributed by atoms with Gasteiger partial charge in [0.1, 0.15) is 0 Å². The predicted molar refractivity (Wildman–Crippen MR) is 105 cm³/mol. The Hall–Kier alpha value is -1.68. The van der Waals surface area contributed by atoms with E-state index in [1.807, 2.05) is 35.2 Å². The van der Waals surface area contributed by atoms with E-state index in [0.717, 1.165) is 11.3 Å². The van der Waals surface area contributed by atoms with Crippen LogP contribution >= 0.6 is 34.8 Å².